The Kier molecular flexibility index (Phi) is 9.06. The van der Waals surface area contributed by atoms with E-state index in [-0.39, 0.29) is 18.7 Å². The van der Waals surface area contributed by atoms with E-state index in [4.69, 9.17) is 14.3 Å². The number of ether oxygens (including phenoxy) is 1. The van der Waals surface area contributed by atoms with Crippen LogP contribution in [0.2, 0.25) is 0 Å². The van der Waals surface area contributed by atoms with Crippen LogP contribution >= 0.6 is 0 Å². The van der Waals surface area contributed by atoms with E-state index >= 15 is 0 Å². The van der Waals surface area contributed by atoms with E-state index in [1.165, 1.54) is 0 Å². The summed E-state index contributed by atoms with van der Waals surface area (Å²) in [6.45, 7) is 10.2. The summed E-state index contributed by atoms with van der Waals surface area (Å²) in [5.74, 6) is 0.588. The third-order valence-electron chi connectivity index (χ3n) is 4.29. The van der Waals surface area contributed by atoms with Crippen LogP contribution < -0.4 is 0 Å². The molecule has 0 spiro atoms. The van der Waals surface area contributed by atoms with Gasteiger partial charge in [-0.05, 0) is 51.3 Å². The van der Waals surface area contributed by atoms with Crippen molar-refractivity contribution in [1.29, 1.82) is 0 Å². The topological polar surface area (TPSA) is 75.8 Å². The van der Waals surface area contributed by atoms with E-state index < -0.39 is 5.60 Å². The number of carbonyl (C=O) groups excluding carboxylic acids is 1. The zero-order valence-electron chi connectivity index (χ0n) is 19.2. The van der Waals surface area contributed by atoms with E-state index in [0.29, 0.717) is 12.4 Å². The first kappa shape index (κ1) is 24.4. The Morgan fingerprint density at radius 2 is 1.74 bits per heavy atom. The second-order valence-corrected chi connectivity index (χ2v) is 8.08. The van der Waals surface area contributed by atoms with Gasteiger partial charge >= 0.3 is 6.09 Å². The summed E-state index contributed by atoms with van der Waals surface area (Å²) in [4.78, 5) is 18.7. The standard InChI is InChI=1S/C19H18N2O3.C4H10O.C2H6/c22-19(23-13-14-7-2-1-3-8-14)21-12-6-10-16(21)18-20-15-9-4-5-11-17(15)24-18;1-4(2,3)5;1-2/h1-5,7-9,11,16H,6,10,12-13H2;5H,1-3H3;1-2H3. The third kappa shape index (κ3) is 7.72. The Morgan fingerprint density at radius 3 is 2.39 bits per heavy atom. The predicted octanol–water partition coefficient (Wildman–Crippen LogP) is 6.10. The molecule has 0 bridgehead atoms. The number of likely N-dealkylation sites (tertiary alicyclic amines) is 1. The van der Waals surface area contributed by atoms with E-state index in [9.17, 15) is 4.79 Å². The monoisotopic (exact) mass is 426 g/mol. The first-order valence-electron chi connectivity index (χ1n) is 10.9. The molecule has 0 saturated carbocycles. The number of aromatic nitrogens is 1. The number of carbonyl (C=O) groups is 1. The second-order valence-electron chi connectivity index (χ2n) is 8.08. The van der Waals surface area contributed by atoms with Gasteiger partial charge in [0.05, 0.1) is 5.60 Å². The van der Waals surface area contributed by atoms with Crippen molar-refractivity contribution in [2.75, 3.05) is 6.54 Å². The number of hydrogen-bond donors (Lipinski definition) is 1. The minimum absolute atomic E-state index is 0.152. The van der Waals surface area contributed by atoms with Crippen LogP contribution in [0, 0.1) is 0 Å². The van der Waals surface area contributed by atoms with Gasteiger partial charge in [0.15, 0.2) is 5.58 Å². The molecule has 2 aromatic carbocycles. The molecule has 1 saturated heterocycles. The molecule has 1 N–H and O–H groups in total. The van der Waals surface area contributed by atoms with Crippen molar-refractivity contribution in [2.45, 2.75) is 65.7 Å². The molecule has 1 aliphatic heterocycles. The van der Waals surface area contributed by atoms with Crippen molar-refractivity contribution >= 4 is 17.2 Å². The average Bonchev–Trinajstić information content (AvgIpc) is 3.40. The smallest absolute Gasteiger partial charge is 0.410 e. The highest BCUT2D eigenvalue weighted by molar-refractivity contribution is 5.73. The molecule has 1 aliphatic rings. The van der Waals surface area contributed by atoms with Crippen LogP contribution in [-0.2, 0) is 11.3 Å². The predicted molar refractivity (Wildman–Crippen MR) is 123 cm³/mol. The summed E-state index contributed by atoms with van der Waals surface area (Å²) in [6, 6.07) is 17.2. The Labute approximate surface area is 184 Å². The van der Waals surface area contributed by atoms with Crippen LogP contribution in [0.5, 0.6) is 0 Å². The number of nitrogens with zero attached hydrogens (tertiary/aromatic N) is 2. The minimum atomic E-state index is -0.500. The summed E-state index contributed by atoms with van der Waals surface area (Å²) in [5.41, 5.74) is 2.04. The normalized spacial score (nSPS) is 15.5. The summed E-state index contributed by atoms with van der Waals surface area (Å²) in [6.07, 6.45) is 1.44. The van der Waals surface area contributed by atoms with E-state index in [2.05, 4.69) is 4.98 Å². The Balaban J connectivity index is 0.000000432. The van der Waals surface area contributed by atoms with Crippen LogP contribution in [-0.4, -0.2) is 33.2 Å². The van der Waals surface area contributed by atoms with Crippen LogP contribution in [0.15, 0.2) is 59.0 Å². The van der Waals surface area contributed by atoms with Gasteiger partial charge in [-0.1, -0.05) is 56.3 Å². The SMILES string of the molecule is CC.CC(C)(C)O.O=C(OCc1ccccc1)N1CCCC1c1nc2ccccc2o1. The first-order valence-corrected chi connectivity index (χ1v) is 10.9. The first-order chi connectivity index (χ1) is 14.8. The van der Waals surface area contributed by atoms with Gasteiger partial charge in [0.1, 0.15) is 18.2 Å². The molecule has 1 aromatic heterocycles. The quantitative estimate of drug-likeness (QED) is 0.547. The van der Waals surface area contributed by atoms with Crippen LogP contribution in [0.1, 0.15) is 65.0 Å². The highest BCUT2D eigenvalue weighted by Crippen LogP contribution is 2.33. The largest absolute Gasteiger partial charge is 0.445 e. The molecule has 2 heterocycles. The molecule has 3 aromatic rings. The van der Waals surface area contributed by atoms with Gasteiger partial charge in [0, 0.05) is 6.54 Å². The van der Waals surface area contributed by atoms with Crippen molar-refractivity contribution in [3.05, 3.63) is 66.1 Å². The van der Waals surface area contributed by atoms with Gasteiger partial charge < -0.3 is 14.3 Å². The average molecular weight is 427 g/mol. The van der Waals surface area contributed by atoms with Crippen molar-refractivity contribution < 1.29 is 19.1 Å². The number of hydrogen-bond acceptors (Lipinski definition) is 5. The molecule has 6 heteroatoms. The molecule has 1 fully saturated rings. The molecular formula is C25H34N2O4. The van der Waals surface area contributed by atoms with Crippen LogP contribution in [0.25, 0.3) is 11.1 Å². The minimum Gasteiger partial charge on any atom is -0.445 e. The zero-order chi connectivity index (χ0) is 22.9. The molecule has 1 atom stereocenters. The number of rotatable bonds is 3. The number of benzene rings is 2. The third-order valence-corrected chi connectivity index (χ3v) is 4.29. The molecule has 31 heavy (non-hydrogen) atoms. The fourth-order valence-corrected chi connectivity index (χ4v) is 3.08. The van der Waals surface area contributed by atoms with Crippen molar-refractivity contribution in [2.24, 2.45) is 0 Å². The lowest BCUT2D eigenvalue weighted by molar-refractivity contribution is 0.0880. The molecule has 1 unspecified atom stereocenters. The molecular weight excluding hydrogens is 392 g/mol. The number of oxazole rings is 1. The van der Waals surface area contributed by atoms with Gasteiger partial charge in [0.25, 0.3) is 0 Å². The molecule has 4 rings (SSSR count). The van der Waals surface area contributed by atoms with Gasteiger partial charge in [-0.25, -0.2) is 9.78 Å². The number of para-hydroxylation sites is 2. The van der Waals surface area contributed by atoms with Crippen LogP contribution in [0.4, 0.5) is 4.79 Å². The lowest BCUT2D eigenvalue weighted by Gasteiger charge is -2.21. The Hall–Kier alpha value is -2.86. The lowest BCUT2D eigenvalue weighted by Crippen LogP contribution is -2.31. The highest BCUT2D eigenvalue weighted by atomic mass is 16.6. The van der Waals surface area contributed by atoms with Crippen molar-refractivity contribution in [3.63, 3.8) is 0 Å². The maximum absolute atomic E-state index is 12.5. The molecule has 0 aliphatic carbocycles. The second kappa shape index (κ2) is 11.5. The Bertz CT molecular complexity index is 892. The van der Waals surface area contributed by atoms with Crippen molar-refractivity contribution in [1.82, 2.24) is 9.88 Å². The fraction of sp³-hybridized carbons (Fsp3) is 0.440. The number of fused-ring (bicyclic) bond motifs is 1. The number of aliphatic hydroxyl groups is 1. The maximum Gasteiger partial charge on any atom is 0.410 e. The van der Waals surface area contributed by atoms with E-state index in [1.54, 1.807) is 25.7 Å². The maximum atomic E-state index is 12.5. The summed E-state index contributed by atoms with van der Waals surface area (Å²) < 4.78 is 11.3. The molecule has 6 nitrogen and oxygen atoms in total. The van der Waals surface area contributed by atoms with Gasteiger partial charge in [-0.2, -0.15) is 0 Å². The van der Waals surface area contributed by atoms with Crippen LogP contribution in [0.3, 0.4) is 0 Å². The molecule has 168 valence electrons. The van der Waals surface area contributed by atoms with E-state index in [1.807, 2.05) is 68.4 Å². The lowest BCUT2D eigenvalue weighted by atomic mass is 10.2. The van der Waals surface area contributed by atoms with Gasteiger partial charge in [0.2, 0.25) is 5.89 Å². The highest BCUT2D eigenvalue weighted by Gasteiger charge is 2.34. The number of amides is 1. The van der Waals surface area contributed by atoms with E-state index in [0.717, 1.165) is 29.5 Å². The van der Waals surface area contributed by atoms with Gasteiger partial charge in [-0.15, -0.1) is 0 Å². The summed E-state index contributed by atoms with van der Waals surface area (Å²) in [5, 5.41) is 8.52. The molecule has 1 amide bonds. The zero-order valence-corrected chi connectivity index (χ0v) is 19.2. The Morgan fingerprint density at radius 1 is 1.13 bits per heavy atom. The summed E-state index contributed by atoms with van der Waals surface area (Å²) in [7, 11) is 0. The molecule has 0 radical (unpaired) electrons. The summed E-state index contributed by atoms with van der Waals surface area (Å²) >= 11 is 0. The van der Waals surface area contributed by atoms with Crippen molar-refractivity contribution in [3.8, 4) is 0 Å². The van der Waals surface area contributed by atoms with Gasteiger partial charge in [-0.3, -0.25) is 4.90 Å². The fourth-order valence-electron chi connectivity index (χ4n) is 3.08.